The van der Waals surface area contributed by atoms with Gasteiger partial charge in [-0.1, -0.05) is 19.3 Å². The molecule has 1 aliphatic rings. The second kappa shape index (κ2) is 10.4. The largest absolute Gasteiger partial charge is 0.355 e. The number of aromatic nitrogens is 1. The summed E-state index contributed by atoms with van der Waals surface area (Å²) < 4.78 is 0. The fourth-order valence-corrected chi connectivity index (χ4v) is 3.29. The second-order valence-corrected chi connectivity index (χ2v) is 5.75. The summed E-state index contributed by atoms with van der Waals surface area (Å²) in [7, 11) is 0. The number of thiazole rings is 1. The zero-order valence-corrected chi connectivity index (χ0v) is 13.9. The zero-order chi connectivity index (χ0) is 12.8. The number of nitrogens with one attached hydrogen (secondary N) is 1. The van der Waals surface area contributed by atoms with Crippen molar-refractivity contribution >= 4 is 42.1 Å². The summed E-state index contributed by atoms with van der Waals surface area (Å²) in [5, 5.41) is 6.08. The highest BCUT2D eigenvalue weighted by atomic mass is 35.5. The molecule has 7 heteroatoms. The van der Waals surface area contributed by atoms with E-state index < -0.39 is 0 Å². The molecule has 2 rings (SSSR count). The third kappa shape index (κ3) is 5.95. The van der Waals surface area contributed by atoms with Crippen molar-refractivity contribution in [2.75, 3.05) is 13.1 Å². The van der Waals surface area contributed by atoms with Crippen molar-refractivity contribution in [3.63, 3.8) is 0 Å². The van der Waals surface area contributed by atoms with Gasteiger partial charge in [0.25, 0.3) is 0 Å². The molecule has 0 radical (unpaired) electrons. The van der Waals surface area contributed by atoms with Crippen molar-refractivity contribution in [1.82, 2.24) is 10.3 Å². The van der Waals surface area contributed by atoms with Crippen LogP contribution in [0.25, 0.3) is 0 Å². The lowest BCUT2D eigenvalue weighted by Crippen LogP contribution is -2.31. The minimum atomic E-state index is -0.0981. The van der Waals surface area contributed by atoms with Crippen LogP contribution >= 0.6 is 36.2 Å². The first-order valence-corrected chi connectivity index (χ1v) is 7.58. The molecule has 116 valence electrons. The molecule has 0 spiro atoms. The summed E-state index contributed by atoms with van der Waals surface area (Å²) in [6.07, 6.45) is 7.43. The number of halogens is 2. The molecule has 0 saturated heterocycles. The lowest BCUT2D eigenvalue weighted by Gasteiger charge is -2.19. The van der Waals surface area contributed by atoms with Gasteiger partial charge in [-0.3, -0.25) is 4.79 Å². The predicted molar refractivity (Wildman–Crippen MR) is 88.2 cm³/mol. The quantitative estimate of drug-likeness (QED) is 0.866. The fraction of sp³-hybridized carbons (Fsp3) is 0.692. The Balaban J connectivity index is 0.00000180. The van der Waals surface area contributed by atoms with E-state index in [-0.39, 0.29) is 37.3 Å². The summed E-state index contributed by atoms with van der Waals surface area (Å²) >= 11 is 1.71. The first-order chi connectivity index (χ1) is 8.79. The Bertz CT molecular complexity index is 395. The Hall–Kier alpha value is -0.360. The van der Waals surface area contributed by atoms with Gasteiger partial charge in [-0.2, -0.15) is 0 Å². The molecule has 1 aliphatic carbocycles. The topological polar surface area (TPSA) is 68.0 Å². The summed E-state index contributed by atoms with van der Waals surface area (Å²) in [4.78, 5) is 15.7. The van der Waals surface area contributed by atoms with E-state index >= 15 is 0 Å². The van der Waals surface area contributed by atoms with Crippen molar-refractivity contribution in [2.24, 2.45) is 5.73 Å². The molecule has 1 fully saturated rings. The third-order valence-corrected chi connectivity index (χ3v) is 4.37. The fourth-order valence-electron chi connectivity index (χ4n) is 2.41. The van der Waals surface area contributed by atoms with Gasteiger partial charge in [0.1, 0.15) is 0 Å². The van der Waals surface area contributed by atoms with Crippen LogP contribution < -0.4 is 11.1 Å². The Kier molecular flexibility index (Phi) is 10.2. The van der Waals surface area contributed by atoms with Crippen LogP contribution in [0.4, 0.5) is 0 Å². The number of carbonyl (C=O) groups is 1. The first kappa shape index (κ1) is 19.6. The molecule has 0 aromatic carbocycles. The van der Waals surface area contributed by atoms with Crippen LogP contribution in [0.5, 0.6) is 0 Å². The molecule has 1 heterocycles. The van der Waals surface area contributed by atoms with Crippen LogP contribution in [-0.2, 0) is 11.2 Å². The molecule has 20 heavy (non-hydrogen) atoms. The minimum Gasteiger partial charge on any atom is -0.355 e. The number of carbonyl (C=O) groups excluding carboxylic acids is 1. The average molecular weight is 340 g/mol. The van der Waals surface area contributed by atoms with E-state index in [9.17, 15) is 4.79 Å². The van der Waals surface area contributed by atoms with Crippen LogP contribution in [-0.4, -0.2) is 24.0 Å². The van der Waals surface area contributed by atoms with E-state index in [4.69, 9.17) is 10.7 Å². The molecule has 1 aromatic heterocycles. The maximum absolute atomic E-state index is 11.0. The van der Waals surface area contributed by atoms with Crippen molar-refractivity contribution < 1.29 is 4.79 Å². The molecule has 1 aromatic rings. The van der Waals surface area contributed by atoms with Crippen LogP contribution in [0.3, 0.4) is 0 Å². The van der Waals surface area contributed by atoms with E-state index in [1.165, 1.54) is 37.8 Å². The smallest absolute Gasteiger partial charge is 0.233 e. The monoisotopic (exact) mass is 339 g/mol. The molecule has 0 bridgehead atoms. The highest BCUT2D eigenvalue weighted by molar-refractivity contribution is 7.09. The zero-order valence-electron chi connectivity index (χ0n) is 11.5. The number of rotatable bonds is 5. The molecule has 4 nitrogen and oxygen atoms in total. The lowest BCUT2D eigenvalue weighted by atomic mass is 9.87. The number of nitrogens with two attached hydrogens (primary N) is 1. The minimum absolute atomic E-state index is 0. The van der Waals surface area contributed by atoms with Gasteiger partial charge in [0, 0.05) is 24.3 Å². The molecule has 1 amide bonds. The maximum Gasteiger partial charge on any atom is 0.233 e. The van der Waals surface area contributed by atoms with Crippen molar-refractivity contribution in [3.8, 4) is 0 Å². The second-order valence-electron chi connectivity index (χ2n) is 4.81. The average Bonchev–Trinajstić information content (AvgIpc) is 2.88. The van der Waals surface area contributed by atoms with E-state index in [2.05, 4.69) is 10.7 Å². The molecule has 0 unspecified atom stereocenters. The SMILES string of the molecule is Cl.Cl.NCC(=O)NCCc1nc(C2CCCCC2)cs1. The Labute approximate surface area is 136 Å². The molecular weight excluding hydrogens is 317 g/mol. The summed E-state index contributed by atoms with van der Waals surface area (Å²) in [6.45, 7) is 0.693. The molecule has 1 saturated carbocycles. The molecule has 0 aliphatic heterocycles. The highest BCUT2D eigenvalue weighted by Crippen LogP contribution is 2.32. The highest BCUT2D eigenvalue weighted by Gasteiger charge is 2.18. The number of hydrogen-bond donors (Lipinski definition) is 2. The van der Waals surface area contributed by atoms with Gasteiger partial charge in [-0.15, -0.1) is 36.2 Å². The van der Waals surface area contributed by atoms with Gasteiger partial charge in [-0.25, -0.2) is 4.98 Å². The van der Waals surface area contributed by atoms with Gasteiger partial charge in [0.15, 0.2) is 0 Å². The Morgan fingerprint density at radius 1 is 1.35 bits per heavy atom. The summed E-state index contributed by atoms with van der Waals surface area (Å²) in [5.74, 6) is 0.571. The van der Waals surface area contributed by atoms with Gasteiger partial charge in [-0.05, 0) is 12.8 Å². The Morgan fingerprint density at radius 2 is 2.05 bits per heavy atom. The van der Waals surface area contributed by atoms with Gasteiger partial charge in [0.2, 0.25) is 5.91 Å². The van der Waals surface area contributed by atoms with Gasteiger partial charge < -0.3 is 11.1 Å². The van der Waals surface area contributed by atoms with Crippen molar-refractivity contribution in [2.45, 2.75) is 44.4 Å². The van der Waals surface area contributed by atoms with E-state index in [0.717, 1.165) is 11.4 Å². The van der Waals surface area contributed by atoms with Gasteiger partial charge in [0.05, 0.1) is 17.2 Å². The summed E-state index contributed by atoms with van der Waals surface area (Å²) in [6, 6.07) is 0. The van der Waals surface area contributed by atoms with E-state index in [1.807, 2.05) is 0 Å². The van der Waals surface area contributed by atoms with Crippen molar-refractivity contribution in [1.29, 1.82) is 0 Å². The number of nitrogens with zero attached hydrogens (tertiary/aromatic N) is 1. The summed E-state index contributed by atoms with van der Waals surface area (Å²) in [5.41, 5.74) is 6.49. The van der Waals surface area contributed by atoms with E-state index in [1.54, 1.807) is 11.3 Å². The Morgan fingerprint density at radius 3 is 2.70 bits per heavy atom. The molecule has 3 N–H and O–H groups in total. The third-order valence-electron chi connectivity index (χ3n) is 3.44. The van der Waals surface area contributed by atoms with Crippen LogP contribution in [0, 0.1) is 0 Å². The van der Waals surface area contributed by atoms with Crippen LogP contribution in [0.15, 0.2) is 5.38 Å². The normalized spacial score (nSPS) is 15.1. The maximum atomic E-state index is 11.0. The lowest BCUT2D eigenvalue weighted by molar-refractivity contribution is -0.119. The number of amides is 1. The van der Waals surface area contributed by atoms with Crippen LogP contribution in [0.2, 0.25) is 0 Å². The van der Waals surface area contributed by atoms with Crippen molar-refractivity contribution in [3.05, 3.63) is 16.1 Å². The van der Waals surface area contributed by atoms with Gasteiger partial charge >= 0.3 is 0 Å². The first-order valence-electron chi connectivity index (χ1n) is 6.70. The van der Waals surface area contributed by atoms with Crippen LogP contribution in [0.1, 0.15) is 48.7 Å². The molecule has 0 atom stereocenters. The standard InChI is InChI=1S/C13H21N3OS.2ClH/c14-8-12(17)15-7-6-13-16-11(9-18-13)10-4-2-1-3-5-10;;/h9-10H,1-8,14H2,(H,15,17);2*1H. The molecular formula is C13H23Cl2N3OS. The number of hydrogen-bond acceptors (Lipinski definition) is 4. The van der Waals surface area contributed by atoms with E-state index in [0.29, 0.717) is 12.5 Å². The predicted octanol–water partition coefficient (Wildman–Crippen LogP) is 2.65.